The fraction of sp³-hybridized carbons (Fsp3) is 0.316. The molecule has 160 valence electrons. The Bertz CT molecular complexity index is 1040. The highest BCUT2D eigenvalue weighted by atomic mass is 35.5. The summed E-state index contributed by atoms with van der Waals surface area (Å²) in [5.74, 6) is -0.182. The monoisotopic (exact) mass is 452 g/mol. The molecule has 0 unspecified atom stereocenters. The molecule has 0 radical (unpaired) electrons. The molecule has 1 heterocycles. The maximum absolute atomic E-state index is 12.8. The molecule has 0 saturated carbocycles. The second-order valence-electron chi connectivity index (χ2n) is 6.75. The van der Waals surface area contributed by atoms with Gasteiger partial charge in [0.05, 0.1) is 15.6 Å². The zero-order valence-corrected chi connectivity index (χ0v) is 17.6. The lowest BCUT2D eigenvalue weighted by Crippen LogP contribution is -2.49. The molecule has 9 nitrogen and oxygen atoms in total. The first-order valence-electron chi connectivity index (χ1n) is 9.29. The van der Waals surface area contributed by atoms with Crippen molar-refractivity contribution in [3.8, 4) is 0 Å². The number of rotatable bonds is 7. The van der Waals surface area contributed by atoms with Gasteiger partial charge in [-0.25, -0.2) is 8.42 Å². The number of nitro groups is 1. The van der Waals surface area contributed by atoms with Crippen molar-refractivity contribution in [2.24, 2.45) is 0 Å². The molecule has 0 aliphatic carbocycles. The second-order valence-corrected chi connectivity index (χ2v) is 9.06. The lowest BCUT2D eigenvalue weighted by atomic mass is 10.3. The van der Waals surface area contributed by atoms with Gasteiger partial charge in [0.1, 0.15) is 0 Å². The summed E-state index contributed by atoms with van der Waals surface area (Å²) in [4.78, 5) is 24.3. The highest BCUT2D eigenvalue weighted by molar-refractivity contribution is 7.89. The fourth-order valence-electron chi connectivity index (χ4n) is 3.19. The molecule has 0 bridgehead atoms. The number of amides is 1. The van der Waals surface area contributed by atoms with Crippen molar-refractivity contribution >= 4 is 38.9 Å². The third kappa shape index (κ3) is 5.14. The molecule has 2 aromatic carbocycles. The Kier molecular flexibility index (Phi) is 7.03. The van der Waals surface area contributed by atoms with Gasteiger partial charge in [-0.3, -0.25) is 14.9 Å². The molecule has 1 aliphatic heterocycles. The van der Waals surface area contributed by atoms with Crippen molar-refractivity contribution in [3.05, 3.63) is 63.7 Å². The van der Waals surface area contributed by atoms with E-state index in [0.717, 1.165) is 0 Å². The molecule has 0 atom stereocenters. The summed E-state index contributed by atoms with van der Waals surface area (Å²) in [5, 5.41) is 14.4. The number of halogens is 1. The van der Waals surface area contributed by atoms with E-state index in [1.165, 1.54) is 28.6 Å². The van der Waals surface area contributed by atoms with Crippen LogP contribution in [-0.4, -0.2) is 61.2 Å². The van der Waals surface area contributed by atoms with Crippen molar-refractivity contribution < 1.29 is 18.1 Å². The number of hydrogen-bond donors (Lipinski definition) is 1. The molecule has 1 aliphatic rings. The largest absolute Gasteiger partial charge is 0.325 e. The minimum absolute atomic E-state index is 0.182. The van der Waals surface area contributed by atoms with Gasteiger partial charge in [-0.15, -0.1) is 0 Å². The zero-order chi connectivity index (χ0) is 21.7. The van der Waals surface area contributed by atoms with E-state index in [9.17, 15) is 23.3 Å². The third-order valence-electron chi connectivity index (χ3n) is 4.81. The first kappa shape index (κ1) is 22.2. The highest BCUT2D eigenvalue weighted by Crippen LogP contribution is 2.27. The Morgan fingerprint density at radius 1 is 1.07 bits per heavy atom. The highest BCUT2D eigenvalue weighted by Gasteiger charge is 2.33. The van der Waals surface area contributed by atoms with E-state index in [1.54, 1.807) is 24.3 Å². The summed E-state index contributed by atoms with van der Waals surface area (Å²) in [5.41, 5.74) is 0.112. The smallest absolute Gasteiger partial charge is 0.289 e. The molecule has 1 N–H and O–H groups in total. The number of benzene rings is 2. The Morgan fingerprint density at radius 3 is 2.37 bits per heavy atom. The zero-order valence-electron chi connectivity index (χ0n) is 16.0. The van der Waals surface area contributed by atoms with Gasteiger partial charge in [0.2, 0.25) is 15.9 Å². The van der Waals surface area contributed by atoms with Crippen molar-refractivity contribution in [1.82, 2.24) is 9.21 Å². The molecule has 11 heteroatoms. The number of nitro benzene ring substituents is 1. The van der Waals surface area contributed by atoms with E-state index >= 15 is 0 Å². The van der Waals surface area contributed by atoms with Gasteiger partial charge < -0.3 is 10.2 Å². The van der Waals surface area contributed by atoms with Crippen molar-refractivity contribution in [3.63, 3.8) is 0 Å². The van der Waals surface area contributed by atoms with Gasteiger partial charge in [0, 0.05) is 45.2 Å². The Hall–Kier alpha value is -2.53. The predicted octanol–water partition coefficient (Wildman–Crippen LogP) is 2.58. The summed E-state index contributed by atoms with van der Waals surface area (Å²) in [7, 11) is -3.97. The van der Waals surface area contributed by atoms with Crippen LogP contribution in [-0.2, 0) is 14.8 Å². The molecule has 1 fully saturated rings. The molecule has 1 amide bonds. The lowest BCUT2D eigenvalue weighted by Gasteiger charge is -2.33. The summed E-state index contributed by atoms with van der Waals surface area (Å²) < 4.78 is 26.9. The quantitative estimate of drug-likeness (QED) is 0.510. The summed E-state index contributed by atoms with van der Waals surface area (Å²) in [6, 6.07) is 12.3. The molecule has 30 heavy (non-hydrogen) atoms. The van der Waals surface area contributed by atoms with E-state index in [1.807, 2.05) is 4.90 Å². The normalized spacial score (nSPS) is 15.6. The average molecular weight is 453 g/mol. The first-order chi connectivity index (χ1) is 14.3. The number of nitrogens with zero attached hydrogens (tertiary/aromatic N) is 3. The number of hydrogen-bond acceptors (Lipinski definition) is 6. The number of carbonyl (C=O) groups excluding carboxylic acids is 1. The molecule has 0 spiro atoms. The molecular weight excluding hydrogens is 432 g/mol. The maximum atomic E-state index is 12.8. The number of para-hydroxylation sites is 2. The number of piperazine rings is 1. The Labute approximate surface area is 179 Å². The van der Waals surface area contributed by atoms with Crippen LogP contribution in [0.25, 0.3) is 0 Å². The number of sulfonamides is 1. The van der Waals surface area contributed by atoms with Crippen LogP contribution in [0.2, 0.25) is 5.02 Å². The summed E-state index contributed by atoms with van der Waals surface area (Å²) in [6.07, 6.45) is 0.238. The maximum Gasteiger partial charge on any atom is 0.289 e. The minimum atomic E-state index is -3.97. The fourth-order valence-corrected chi connectivity index (χ4v) is 4.96. The van der Waals surface area contributed by atoms with E-state index < -0.39 is 20.6 Å². The second kappa shape index (κ2) is 9.52. The number of anilines is 1. The molecule has 0 aromatic heterocycles. The number of nitrogens with one attached hydrogen (secondary N) is 1. The van der Waals surface area contributed by atoms with Crippen molar-refractivity contribution in [2.45, 2.75) is 11.3 Å². The van der Waals surface area contributed by atoms with Gasteiger partial charge in [-0.2, -0.15) is 4.31 Å². The van der Waals surface area contributed by atoms with Gasteiger partial charge >= 0.3 is 0 Å². The van der Waals surface area contributed by atoms with Crippen LogP contribution in [0.1, 0.15) is 6.42 Å². The SMILES string of the molecule is O=C(CCN1CCN(S(=O)(=O)c2ccccc2[N+](=O)[O-])CC1)Nc1ccccc1Cl. The Morgan fingerprint density at radius 2 is 1.70 bits per heavy atom. The van der Waals surface area contributed by atoms with Crippen molar-refractivity contribution in [1.29, 1.82) is 0 Å². The van der Waals surface area contributed by atoms with Gasteiger partial charge in [-0.05, 0) is 18.2 Å². The number of carbonyl (C=O) groups is 1. The van der Waals surface area contributed by atoms with Crippen LogP contribution in [0, 0.1) is 10.1 Å². The van der Waals surface area contributed by atoms with E-state index in [2.05, 4.69) is 5.32 Å². The van der Waals surface area contributed by atoms with E-state index in [-0.39, 0.29) is 30.3 Å². The van der Waals surface area contributed by atoms with Crippen LogP contribution in [0.15, 0.2) is 53.4 Å². The van der Waals surface area contributed by atoms with Gasteiger partial charge in [0.25, 0.3) is 5.69 Å². The predicted molar refractivity (Wildman–Crippen MR) is 113 cm³/mol. The van der Waals surface area contributed by atoms with Crippen LogP contribution in [0.4, 0.5) is 11.4 Å². The van der Waals surface area contributed by atoms with Crippen LogP contribution in [0.3, 0.4) is 0 Å². The van der Waals surface area contributed by atoms with Crippen LogP contribution in [0.5, 0.6) is 0 Å². The molecule has 1 saturated heterocycles. The van der Waals surface area contributed by atoms with Crippen LogP contribution < -0.4 is 5.32 Å². The summed E-state index contributed by atoms with van der Waals surface area (Å²) in [6.45, 7) is 1.72. The van der Waals surface area contributed by atoms with Gasteiger partial charge in [0.15, 0.2) is 4.90 Å². The van der Waals surface area contributed by atoms with Crippen molar-refractivity contribution in [2.75, 3.05) is 38.0 Å². The molecular formula is C19H21ClN4O5S. The van der Waals surface area contributed by atoms with E-state index in [4.69, 9.17) is 11.6 Å². The third-order valence-corrected chi connectivity index (χ3v) is 7.09. The summed E-state index contributed by atoms with van der Waals surface area (Å²) >= 11 is 6.03. The minimum Gasteiger partial charge on any atom is -0.325 e. The Balaban J connectivity index is 1.54. The molecule has 2 aromatic rings. The van der Waals surface area contributed by atoms with Gasteiger partial charge in [-0.1, -0.05) is 35.9 Å². The van der Waals surface area contributed by atoms with E-state index in [0.29, 0.717) is 30.3 Å². The lowest BCUT2D eigenvalue weighted by molar-refractivity contribution is -0.387. The average Bonchev–Trinajstić information content (AvgIpc) is 2.74. The topological polar surface area (TPSA) is 113 Å². The molecule has 3 rings (SSSR count). The van der Waals surface area contributed by atoms with Crippen LogP contribution >= 0.6 is 11.6 Å². The first-order valence-corrected chi connectivity index (χ1v) is 11.1. The standard InChI is InChI=1S/C19H21ClN4O5S/c20-15-5-1-2-6-16(15)21-19(25)9-10-22-11-13-23(14-12-22)30(28,29)18-8-4-3-7-17(18)24(26)27/h1-8H,9-14H2,(H,21,25).